The van der Waals surface area contributed by atoms with Gasteiger partial charge in [-0.2, -0.15) is 0 Å². The zero-order valence-electron chi connectivity index (χ0n) is 12.9. The number of nitrogens with one attached hydrogen (secondary N) is 1. The summed E-state index contributed by atoms with van der Waals surface area (Å²) in [5.41, 5.74) is 6.10. The van der Waals surface area contributed by atoms with E-state index in [0.29, 0.717) is 5.82 Å². The number of hydrogen-bond donors (Lipinski definition) is 2. The molecule has 5 heteroatoms. The second kappa shape index (κ2) is 6.35. The summed E-state index contributed by atoms with van der Waals surface area (Å²) in [6, 6.07) is 7.67. The number of hydrogen-bond acceptors (Lipinski definition) is 4. The number of benzene rings is 1. The number of fused-ring (bicyclic) bond motifs is 1. The van der Waals surface area contributed by atoms with E-state index in [0.717, 1.165) is 16.3 Å². The van der Waals surface area contributed by atoms with Gasteiger partial charge in [-0.05, 0) is 20.8 Å². The van der Waals surface area contributed by atoms with Crippen molar-refractivity contribution in [3.63, 3.8) is 0 Å². The molecule has 114 valence electrons. The summed E-state index contributed by atoms with van der Waals surface area (Å²) in [5, 5.41) is 4.40. The van der Waals surface area contributed by atoms with Crippen LogP contribution in [0.15, 0.2) is 30.5 Å². The second-order valence-electron chi connectivity index (χ2n) is 5.76. The molecule has 1 aromatic carbocycles. The first-order chi connectivity index (χ1) is 10.4. The Labute approximate surface area is 129 Å². The number of pyridine rings is 1. The number of aromatic nitrogens is 1. The molecule has 1 amide bonds. The predicted molar refractivity (Wildman–Crippen MR) is 87.3 cm³/mol. The van der Waals surface area contributed by atoms with E-state index >= 15 is 0 Å². The first-order valence-electron chi connectivity index (χ1n) is 6.96. The van der Waals surface area contributed by atoms with E-state index in [4.69, 9.17) is 10.5 Å². The van der Waals surface area contributed by atoms with Gasteiger partial charge in [-0.25, -0.2) is 9.78 Å². The molecule has 1 aromatic heterocycles. The molecule has 0 aliphatic heterocycles. The average Bonchev–Trinajstić information content (AvgIpc) is 2.44. The summed E-state index contributed by atoms with van der Waals surface area (Å²) < 4.78 is 5.13. The van der Waals surface area contributed by atoms with Crippen LogP contribution in [-0.2, 0) is 4.74 Å². The molecule has 2 aromatic rings. The fourth-order valence-corrected chi connectivity index (χ4v) is 1.88. The van der Waals surface area contributed by atoms with E-state index in [-0.39, 0.29) is 6.54 Å². The first-order valence-corrected chi connectivity index (χ1v) is 6.96. The number of alkyl carbamates (subject to hydrolysis) is 1. The predicted octanol–water partition coefficient (Wildman–Crippen LogP) is 2.69. The lowest BCUT2D eigenvalue weighted by Gasteiger charge is -2.19. The van der Waals surface area contributed by atoms with Gasteiger partial charge in [0, 0.05) is 17.0 Å². The topological polar surface area (TPSA) is 77.2 Å². The molecule has 0 aliphatic carbocycles. The Morgan fingerprint density at radius 3 is 2.68 bits per heavy atom. The van der Waals surface area contributed by atoms with Crippen LogP contribution in [0.25, 0.3) is 10.8 Å². The lowest BCUT2D eigenvalue weighted by Crippen LogP contribution is -2.32. The normalized spacial score (nSPS) is 10.7. The van der Waals surface area contributed by atoms with Crippen molar-refractivity contribution in [3.8, 4) is 11.8 Å². The van der Waals surface area contributed by atoms with Crippen molar-refractivity contribution in [2.75, 3.05) is 12.3 Å². The highest BCUT2D eigenvalue weighted by Gasteiger charge is 2.15. The molecule has 0 atom stereocenters. The zero-order valence-corrected chi connectivity index (χ0v) is 12.9. The largest absolute Gasteiger partial charge is 0.444 e. The minimum absolute atomic E-state index is 0.202. The van der Waals surface area contributed by atoms with Gasteiger partial charge in [-0.15, -0.1) is 0 Å². The molecular weight excluding hydrogens is 278 g/mol. The fraction of sp³-hybridized carbons (Fsp3) is 0.294. The van der Waals surface area contributed by atoms with Crippen LogP contribution in [0, 0.1) is 11.8 Å². The fourth-order valence-electron chi connectivity index (χ4n) is 1.88. The van der Waals surface area contributed by atoms with Crippen molar-refractivity contribution in [1.82, 2.24) is 10.3 Å². The summed E-state index contributed by atoms with van der Waals surface area (Å²) in [6.07, 6.45) is 1.15. The summed E-state index contributed by atoms with van der Waals surface area (Å²) in [5.74, 6) is 6.36. The number of nitrogens with two attached hydrogens (primary N) is 1. The van der Waals surface area contributed by atoms with Crippen molar-refractivity contribution in [3.05, 3.63) is 36.0 Å². The molecule has 0 unspecified atom stereocenters. The van der Waals surface area contributed by atoms with Gasteiger partial charge in [-0.3, -0.25) is 0 Å². The summed E-state index contributed by atoms with van der Waals surface area (Å²) in [7, 11) is 0. The van der Waals surface area contributed by atoms with Gasteiger partial charge in [0.2, 0.25) is 0 Å². The SMILES string of the molecule is CC(C)(C)OC(=O)NCC#Cc1cnc(N)c2ccccc12. The third-order valence-electron chi connectivity index (χ3n) is 2.77. The number of amides is 1. The Balaban J connectivity index is 2.07. The number of anilines is 1. The molecule has 1 heterocycles. The number of nitrogens with zero attached hydrogens (tertiary/aromatic N) is 1. The van der Waals surface area contributed by atoms with Crippen LogP contribution in [0.4, 0.5) is 10.6 Å². The van der Waals surface area contributed by atoms with Crippen LogP contribution in [0.5, 0.6) is 0 Å². The first kappa shape index (κ1) is 15.6. The molecule has 0 radical (unpaired) electrons. The third-order valence-corrected chi connectivity index (χ3v) is 2.77. The molecule has 0 saturated heterocycles. The molecule has 0 spiro atoms. The van der Waals surface area contributed by atoms with E-state index in [1.807, 2.05) is 45.0 Å². The maximum Gasteiger partial charge on any atom is 0.408 e. The quantitative estimate of drug-likeness (QED) is 0.793. The lowest BCUT2D eigenvalue weighted by atomic mass is 10.1. The van der Waals surface area contributed by atoms with Gasteiger partial charge in [0.25, 0.3) is 0 Å². The van der Waals surface area contributed by atoms with Crippen molar-refractivity contribution < 1.29 is 9.53 Å². The van der Waals surface area contributed by atoms with Crippen molar-refractivity contribution in [1.29, 1.82) is 0 Å². The molecule has 2 rings (SSSR count). The standard InChI is InChI=1S/C17H19N3O2/c1-17(2,3)22-16(21)19-10-6-7-12-11-20-15(18)14-9-5-4-8-13(12)14/h4-5,8-9,11H,10H2,1-3H3,(H2,18,20)(H,19,21). The zero-order chi connectivity index (χ0) is 16.2. The Kier molecular flexibility index (Phi) is 4.52. The highest BCUT2D eigenvalue weighted by molar-refractivity contribution is 5.94. The van der Waals surface area contributed by atoms with Crippen molar-refractivity contribution in [2.45, 2.75) is 26.4 Å². The highest BCUT2D eigenvalue weighted by Crippen LogP contribution is 2.21. The van der Waals surface area contributed by atoms with Crippen molar-refractivity contribution in [2.24, 2.45) is 0 Å². The molecule has 0 fully saturated rings. The molecule has 0 aliphatic rings. The van der Waals surface area contributed by atoms with Gasteiger partial charge in [0.1, 0.15) is 11.4 Å². The summed E-state index contributed by atoms with van der Waals surface area (Å²) in [6.45, 7) is 5.63. The number of carbonyl (C=O) groups is 1. The molecule has 5 nitrogen and oxygen atoms in total. The van der Waals surface area contributed by atoms with Gasteiger partial charge in [-0.1, -0.05) is 36.1 Å². The van der Waals surface area contributed by atoms with Crippen molar-refractivity contribution >= 4 is 22.7 Å². The van der Waals surface area contributed by atoms with Crippen LogP contribution in [-0.4, -0.2) is 23.2 Å². The van der Waals surface area contributed by atoms with Crippen LogP contribution < -0.4 is 11.1 Å². The van der Waals surface area contributed by atoms with E-state index in [9.17, 15) is 4.79 Å². The minimum Gasteiger partial charge on any atom is -0.444 e. The Morgan fingerprint density at radius 2 is 2.00 bits per heavy atom. The Morgan fingerprint density at radius 1 is 1.32 bits per heavy atom. The van der Waals surface area contributed by atoms with Crippen LogP contribution in [0.3, 0.4) is 0 Å². The van der Waals surface area contributed by atoms with Crippen LogP contribution >= 0.6 is 0 Å². The van der Waals surface area contributed by atoms with Gasteiger partial charge in [0.05, 0.1) is 12.1 Å². The third kappa shape index (κ3) is 4.13. The number of rotatable bonds is 1. The molecule has 0 bridgehead atoms. The summed E-state index contributed by atoms with van der Waals surface area (Å²) >= 11 is 0. The Bertz CT molecular complexity index is 752. The van der Waals surface area contributed by atoms with E-state index in [1.165, 1.54) is 0 Å². The van der Waals surface area contributed by atoms with Crippen LogP contribution in [0.2, 0.25) is 0 Å². The molecule has 3 N–H and O–H groups in total. The monoisotopic (exact) mass is 297 g/mol. The van der Waals surface area contributed by atoms with E-state index < -0.39 is 11.7 Å². The van der Waals surface area contributed by atoms with Gasteiger partial charge in [0.15, 0.2) is 0 Å². The number of carbonyl (C=O) groups excluding carboxylic acids is 1. The molecule has 22 heavy (non-hydrogen) atoms. The highest BCUT2D eigenvalue weighted by atomic mass is 16.6. The average molecular weight is 297 g/mol. The van der Waals surface area contributed by atoms with Gasteiger partial charge < -0.3 is 15.8 Å². The maximum absolute atomic E-state index is 11.5. The number of ether oxygens (including phenoxy) is 1. The van der Waals surface area contributed by atoms with E-state index in [2.05, 4.69) is 22.1 Å². The second-order valence-corrected chi connectivity index (χ2v) is 5.76. The minimum atomic E-state index is -0.519. The smallest absolute Gasteiger partial charge is 0.408 e. The lowest BCUT2D eigenvalue weighted by molar-refractivity contribution is 0.0535. The van der Waals surface area contributed by atoms with Crippen LogP contribution in [0.1, 0.15) is 26.3 Å². The Hall–Kier alpha value is -2.74. The van der Waals surface area contributed by atoms with E-state index in [1.54, 1.807) is 6.20 Å². The van der Waals surface area contributed by atoms with Gasteiger partial charge >= 0.3 is 6.09 Å². The number of nitrogen functional groups attached to an aromatic ring is 1. The molecule has 0 saturated carbocycles. The summed E-state index contributed by atoms with van der Waals surface area (Å²) in [4.78, 5) is 15.6. The molecular formula is C17H19N3O2. The maximum atomic E-state index is 11.5.